The van der Waals surface area contributed by atoms with Gasteiger partial charge in [0.25, 0.3) is 5.91 Å². The second-order valence-electron chi connectivity index (χ2n) is 6.87. The van der Waals surface area contributed by atoms with Crippen LogP contribution in [0.1, 0.15) is 24.3 Å². The largest absolute Gasteiger partial charge is 0.378 e. The van der Waals surface area contributed by atoms with E-state index in [9.17, 15) is 4.79 Å². The lowest BCUT2D eigenvalue weighted by Gasteiger charge is -2.19. The van der Waals surface area contributed by atoms with Gasteiger partial charge in [0.15, 0.2) is 5.82 Å². The van der Waals surface area contributed by atoms with E-state index in [1.807, 2.05) is 87.4 Å². The standard InChI is InChI=1S/C23H27N5O/c1-5-28(6-2)23(29)20-16-21(24-18-12-14-19(15-13-18)27(3)4)26-22(25-20)17-10-8-7-9-11-17/h7-16H,5-6H2,1-4H3,(H,24,25,26). The van der Waals surface area contributed by atoms with Gasteiger partial charge in [-0.1, -0.05) is 30.3 Å². The van der Waals surface area contributed by atoms with Crippen molar-refractivity contribution in [2.45, 2.75) is 13.8 Å². The van der Waals surface area contributed by atoms with Crippen LogP contribution >= 0.6 is 0 Å². The van der Waals surface area contributed by atoms with Crippen LogP contribution in [-0.4, -0.2) is 48.0 Å². The number of hydrogen-bond donors (Lipinski definition) is 1. The van der Waals surface area contributed by atoms with Crippen LogP contribution in [0.3, 0.4) is 0 Å². The predicted octanol–water partition coefficient (Wildman–Crippen LogP) is 4.44. The number of nitrogens with zero attached hydrogens (tertiary/aromatic N) is 4. The second-order valence-corrected chi connectivity index (χ2v) is 6.87. The smallest absolute Gasteiger partial charge is 0.272 e. The highest BCUT2D eigenvalue weighted by Gasteiger charge is 2.17. The summed E-state index contributed by atoms with van der Waals surface area (Å²) in [7, 11) is 4.01. The summed E-state index contributed by atoms with van der Waals surface area (Å²) in [6.07, 6.45) is 0. The molecule has 0 bridgehead atoms. The molecule has 0 atom stereocenters. The SMILES string of the molecule is CCN(CC)C(=O)c1cc(Nc2ccc(N(C)C)cc2)nc(-c2ccccc2)n1. The summed E-state index contributed by atoms with van der Waals surface area (Å²) in [6.45, 7) is 5.20. The van der Waals surface area contributed by atoms with Gasteiger partial charge in [-0.2, -0.15) is 0 Å². The molecule has 1 amide bonds. The Labute approximate surface area is 172 Å². The molecule has 1 heterocycles. The Morgan fingerprint density at radius 3 is 2.17 bits per heavy atom. The number of benzene rings is 2. The summed E-state index contributed by atoms with van der Waals surface area (Å²) >= 11 is 0. The molecule has 0 fully saturated rings. The molecule has 1 N–H and O–H groups in total. The molecule has 0 saturated carbocycles. The lowest BCUT2D eigenvalue weighted by molar-refractivity contribution is 0.0767. The summed E-state index contributed by atoms with van der Waals surface area (Å²) in [5.74, 6) is 1.02. The van der Waals surface area contributed by atoms with Crippen molar-refractivity contribution in [3.05, 3.63) is 66.4 Å². The van der Waals surface area contributed by atoms with E-state index in [1.54, 1.807) is 11.0 Å². The van der Waals surface area contributed by atoms with E-state index in [1.165, 1.54) is 0 Å². The van der Waals surface area contributed by atoms with Gasteiger partial charge in [-0.05, 0) is 38.1 Å². The number of anilines is 3. The third kappa shape index (κ3) is 4.90. The molecule has 0 radical (unpaired) electrons. The zero-order valence-electron chi connectivity index (χ0n) is 17.4. The number of hydrogen-bond acceptors (Lipinski definition) is 5. The summed E-state index contributed by atoms with van der Waals surface area (Å²) in [4.78, 5) is 25.9. The van der Waals surface area contributed by atoms with Crippen molar-refractivity contribution in [3.63, 3.8) is 0 Å². The van der Waals surface area contributed by atoms with Gasteiger partial charge in [0.05, 0.1) is 0 Å². The van der Waals surface area contributed by atoms with Crippen molar-refractivity contribution in [3.8, 4) is 11.4 Å². The lowest BCUT2D eigenvalue weighted by atomic mass is 10.2. The number of carbonyl (C=O) groups excluding carboxylic acids is 1. The monoisotopic (exact) mass is 389 g/mol. The van der Waals surface area contributed by atoms with Crippen LogP contribution in [0.15, 0.2) is 60.7 Å². The molecule has 6 nitrogen and oxygen atoms in total. The molecule has 0 aliphatic heterocycles. The molecule has 1 aromatic heterocycles. The fraction of sp³-hybridized carbons (Fsp3) is 0.261. The molecule has 29 heavy (non-hydrogen) atoms. The van der Waals surface area contributed by atoms with Crippen LogP contribution in [0.2, 0.25) is 0 Å². The van der Waals surface area contributed by atoms with Gasteiger partial charge < -0.3 is 15.1 Å². The molecule has 6 heteroatoms. The van der Waals surface area contributed by atoms with Gasteiger partial charge in [-0.3, -0.25) is 4.79 Å². The van der Waals surface area contributed by atoms with Crippen LogP contribution in [0, 0.1) is 0 Å². The molecule has 150 valence electrons. The minimum absolute atomic E-state index is 0.0967. The first kappa shape index (κ1) is 20.3. The maximum absolute atomic E-state index is 12.9. The summed E-state index contributed by atoms with van der Waals surface area (Å²) < 4.78 is 0. The number of nitrogens with one attached hydrogen (secondary N) is 1. The van der Waals surface area contributed by atoms with Gasteiger partial charge in [-0.25, -0.2) is 9.97 Å². The molecular formula is C23H27N5O. The van der Waals surface area contributed by atoms with Crippen molar-refractivity contribution in [1.29, 1.82) is 0 Å². The highest BCUT2D eigenvalue weighted by molar-refractivity contribution is 5.93. The van der Waals surface area contributed by atoms with Crippen LogP contribution in [0.25, 0.3) is 11.4 Å². The fourth-order valence-electron chi connectivity index (χ4n) is 3.00. The molecule has 3 aromatic rings. The molecule has 2 aromatic carbocycles. The van der Waals surface area contributed by atoms with Gasteiger partial charge in [0.1, 0.15) is 11.5 Å². The maximum atomic E-state index is 12.9. The van der Waals surface area contributed by atoms with E-state index in [0.29, 0.717) is 30.4 Å². The molecular weight excluding hydrogens is 362 g/mol. The maximum Gasteiger partial charge on any atom is 0.272 e. The van der Waals surface area contributed by atoms with Crippen molar-refractivity contribution in [2.24, 2.45) is 0 Å². The Morgan fingerprint density at radius 1 is 0.931 bits per heavy atom. The molecule has 0 saturated heterocycles. The number of carbonyl (C=O) groups is 1. The predicted molar refractivity (Wildman–Crippen MR) is 119 cm³/mol. The first-order chi connectivity index (χ1) is 14.0. The van der Waals surface area contributed by atoms with E-state index in [-0.39, 0.29) is 5.91 Å². The zero-order chi connectivity index (χ0) is 20.8. The van der Waals surface area contributed by atoms with E-state index >= 15 is 0 Å². The topological polar surface area (TPSA) is 61.4 Å². The molecule has 0 spiro atoms. The zero-order valence-corrected chi connectivity index (χ0v) is 17.4. The van der Waals surface area contributed by atoms with Crippen molar-refractivity contribution >= 4 is 23.1 Å². The quantitative estimate of drug-likeness (QED) is 0.647. The minimum atomic E-state index is -0.0967. The highest BCUT2D eigenvalue weighted by Crippen LogP contribution is 2.23. The number of rotatable bonds is 7. The van der Waals surface area contributed by atoms with Crippen molar-refractivity contribution in [2.75, 3.05) is 37.4 Å². The molecule has 0 unspecified atom stereocenters. The van der Waals surface area contributed by atoms with E-state index < -0.39 is 0 Å². The first-order valence-electron chi connectivity index (χ1n) is 9.80. The van der Waals surface area contributed by atoms with Crippen LogP contribution in [0.4, 0.5) is 17.2 Å². The van der Waals surface area contributed by atoms with Gasteiger partial charge >= 0.3 is 0 Å². The van der Waals surface area contributed by atoms with Crippen molar-refractivity contribution in [1.82, 2.24) is 14.9 Å². The third-order valence-electron chi connectivity index (χ3n) is 4.68. The Hall–Kier alpha value is -3.41. The molecule has 0 aliphatic carbocycles. The second kappa shape index (κ2) is 9.19. The van der Waals surface area contributed by atoms with Gasteiger partial charge in [-0.15, -0.1) is 0 Å². The first-order valence-corrected chi connectivity index (χ1v) is 9.80. The Bertz CT molecular complexity index is 951. The van der Waals surface area contributed by atoms with E-state index in [0.717, 1.165) is 16.9 Å². The van der Waals surface area contributed by atoms with Gasteiger partial charge in [0.2, 0.25) is 0 Å². The Kier molecular flexibility index (Phi) is 6.44. The van der Waals surface area contributed by atoms with Crippen LogP contribution in [0.5, 0.6) is 0 Å². The molecule has 3 rings (SSSR count). The lowest BCUT2D eigenvalue weighted by Crippen LogP contribution is -2.31. The van der Waals surface area contributed by atoms with E-state index in [2.05, 4.69) is 15.3 Å². The Morgan fingerprint density at radius 2 is 1.59 bits per heavy atom. The Balaban J connectivity index is 1.99. The summed E-state index contributed by atoms with van der Waals surface area (Å²) in [6, 6.07) is 19.5. The van der Waals surface area contributed by atoms with Crippen LogP contribution in [-0.2, 0) is 0 Å². The van der Waals surface area contributed by atoms with Crippen LogP contribution < -0.4 is 10.2 Å². The summed E-state index contributed by atoms with van der Waals surface area (Å²) in [5.41, 5.74) is 3.26. The average Bonchev–Trinajstić information content (AvgIpc) is 2.75. The third-order valence-corrected chi connectivity index (χ3v) is 4.68. The molecule has 0 aliphatic rings. The summed E-state index contributed by atoms with van der Waals surface area (Å²) in [5, 5.41) is 3.31. The fourth-order valence-corrected chi connectivity index (χ4v) is 3.00. The van der Waals surface area contributed by atoms with E-state index in [4.69, 9.17) is 0 Å². The highest BCUT2D eigenvalue weighted by atomic mass is 16.2. The average molecular weight is 390 g/mol. The number of aromatic nitrogens is 2. The minimum Gasteiger partial charge on any atom is -0.378 e. The van der Waals surface area contributed by atoms with Crippen molar-refractivity contribution < 1.29 is 4.79 Å². The number of amides is 1. The van der Waals surface area contributed by atoms with Gasteiger partial charge in [0, 0.05) is 50.2 Å². The normalized spacial score (nSPS) is 10.5.